The van der Waals surface area contributed by atoms with Gasteiger partial charge in [0, 0.05) is 49.7 Å². The second kappa shape index (κ2) is 6.36. The Morgan fingerprint density at radius 3 is 2.88 bits per heavy atom. The highest BCUT2D eigenvalue weighted by Gasteiger charge is 2.29. The van der Waals surface area contributed by atoms with E-state index < -0.39 is 0 Å². The molecule has 1 aliphatic rings. The summed E-state index contributed by atoms with van der Waals surface area (Å²) in [5.74, 6) is 0.741. The number of aromatic nitrogens is 6. The standard InChI is InChI=1S/C18H21N7O/c1-4-24-11-20-21-17(24)16-14-10-25(8-7-15(14)23(3)22-16)18(26)13-6-5-12(2)19-9-13/h5-6,9,11H,4,7-8,10H2,1-3H3. The maximum atomic E-state index is 12.9. The highest BCUT2D eigenvalue weighted by Crippen LogP contribution is 2.29. The Morgan fingerprint density at radius 1 is 1.31 bits per heavy atom. The van der Waals surface area contributed by atoms with E-state index in [1.54, 1.807) is 12.5 Å². The van der Waals surface area contributed by atoms with Crippen molar-refractivity contribution in [3.05, 3.63) is 47.2 Å². The van der Waals surface area contributed by atoms with Crippen molar-refractivity contribution in [2.45, 2.75) is 33.4 Å². The number of carbonyl (C=O) groups excluding carboxylic acids is 1. The summed E-state index contributed by atoms with van der Waals surface area (Å²) in [5.41, 5.74) is 4.52. The van der Waals surface area contributed by atoms with E-state index in [1.807, 2.05) is 47.2 Å². The van der Waals surface area contributed by atoms with E-state index in [9.17, 15) is 4.79 Å². The zero-order valence-electron chi connectivity index (χ0n) is 15.2. The van der Waals surface area contributed by atoms with Gasteiger partial charge in [-0.3, -0.25) is 14.5 Å². The third-order valence-corrected chi connectivity index (χ3v) is 4.86. The van der Waals surface area contributed by atoms with Gasteiger partial charge >= 0.3 is 0 Å². The van der Waals surface area contributed by atoms with E-state index in [2.05, 4.69) is 20.3 Å². The fourth-order valence-corrected chi connectivity index (χ4v) is 3.39. The molecule has 3 aromatic heterocycles. The lowest BCUT2D eigenvalue weighted by Gasteiger charge is -2.27. The van der Waals surface area contributed by atoms with Gasteiger partial charge in [-0.2, -0.15) is 5.10 Å². The van der Waals surface area contributed by atoms with Gasteiger partial charge in [-0.05, 0) is 26.0 Å². The normalized spacial score (nSPS) is 13.7. The molecule has 0 N–H and O–H groups in total. The van der Waals surface area contributed by atoms with Gasteiger partial charge in [0.15, 0.2) is 5.82 Å². The number of carbonyl (C=O) groups is 1. The van der Waals surface area contributed by atoms with Crippen molar-refractivity contribution in [3.8, 4) is 11.5 Å². The molecule has 3 aromatic rings. The van der Waals surface area contributed by atoms with E-state index in [0.29, 0.717) is 18.7 Å². The maximum Gasteiger partial charge on any atom is 0.255 e. The third-order valence-electron chi connectivity index (χ3n) is 4.86. The van der Waals surface area contributed by atoms with Crippen molar-refractivity contribution in [3.63, 3.8) is 0 Å². The Hall–Kier alpha value is -3.03. The molecule has 0 saturated carbocycles. The van der Waals surface area contributed by atoms with E-state index in [0.717, 1.165) is 41.4 Å². The Labute approximate surface area is 151 Å². The van der Waals surface area contributed by atoms with Gasteiger partial charge in [0.2, 0.25) is 0 Å². The molecule has 0 aromatic carbocycles. The molecular weight excluding hydrogens is 330 g/mol. The molecule has 8 nitrogen and oxygen atoms in total. The van der Waals surface area contributed by atoms with Crippen LogP contribution in [0.15, 0.2) is 24.7 Å². The van der Waals surface area contributed by atoms with Crippen molar-refractivity contribution >= 4 is 5.91 Å². The van der Waals surface area contributed by atoms with Crippen molar-refractivity contribution in [1.29, 1.82) is 0 Å². The number of rotatable bonds is 3. The molecule has 0 aliphatic carbocycles. The molecule has 0 atom stereocenters. The van der Waals surface area contributed by atoms with Gasteiger partial charge in [-0.15, -0.1) is 10.2 Å². The van der Waals surface area contributed by atoms with Gasteiger partial charge in [-0.25, -0.2) is 0 Å². The van der Waals surface area contributed by atoms with Crippen molar-refractivity contribution in [2.24, 2.45) is 7.05 Å². The van der Waals surface area contributed by atoms with Crippen LogP contribution in [0.3, 0.4) is 0 Å². The zero-order chi connectivity index (χ0) is 18.3. The molecule has 0 spiro atoms. The molecule has 134 valence electrons. The van der Waals surface area contributed by atoms with E-state index in [-0.39, 0.29) is 5.91 Å². The quantitative estimate of drug-likeness (QED) is 0.716. The summed E-state index contributed by atoms with van der Waals surface area (Å²) in [5, 5.41) is 12.9. The number of amides is 1. The smallest absolute Gasteiger partial charge is 0.255 e. The lowest BCUT2D eigenvalue weighted by atomic mass is 10.0. The molecule has 0 bridgehead atoms. The minimum Gasteiger partial charge on any atom is -0.334 e. The second-order valence-electron chi connectivity index (χ2n) is 6.50. The highest BCUT2D eigenvalue weighted by molar-refractivity contribution is 5.94. The summed E-state index contributed by atoms with van der Waals surface area (Å²) >= 11 is 0. The first-order valence-corrected chi connectivity index (χ1v) is 8.73. The van der Waals surface area contributed by atoms with Crippen molar-refractivity contribution < 1.29 is 4.79 Å². The zero-order valence-corrected chi connectivity index (χ0v) is 15.2. The third kappa shape index (κ3) is 2.67. The van der Waals surface area contributed by atoms with Crippen LogP contribution >= 0.6 is 0 Å². The van der Waals surface area contributed by atoms with Crippen LogP contribution in [0.4, 0.5) is 0 Å². The van der Waals surface area contributed by atoms with Crippen LogP contribution in [0.1, 0.15) is 34.2 Å². The van der Waals surface area contributed by atoms with Gasteiger partial charge in [0.05, 0.1) is 12.1 Å². The average molecular weight is 351 g/mol. The lowest BCUT2D eigenvalue weighted by molar-refractivity contribution is 0.0733. The van der Waals surface area contributed by atoms with Gasteiger partial charge in [0.1, 0.15) is 12.0 Å². The van der Waals surface area contributed by atoms with Crippen LogP contribution in [0.5, 0.6) is 0 Å². The first kappa shape index (κ1) is 16.4. The SMILES string of the molecule is CCn1cnnc1-c1nn(C)c2c1CN(C(=O)c1ccc(C)nc1)CC2. The molecule has 8 heteroatoms. The number of nitrogens with zero attached hydrogens (tertiary/aromatic N) is 7. The van der Waals surface area contributed by atoms with Crippen LogP contribution in [0.25, 0.3) is 11.5 Å². The van der Waals surface area contributed by atoms with Crippen molar-refractivity contribution in [2.75, 3.05) is 6.54 Å². The monoisotopic (exact) mass is 351 g/mol. The van der Waals surface area contributed by atoms with Crippen LogP contribution < -0.4 is 0 Å². The fourth-order valence-electron chi connectivity index (χ4n) is 3.39. The Kier molecular flexibility index (Phi) is 4.02. The van der Waals surface area contributed by atoms with E-state index >= 15 is 0 Å². The molecule has 4 heterocycles. The van der Waals surface area contributed by atoms with Crippen LogP contribution in [-0.4, -0.2) is 46.9 Å². The highest BCUT2D eigenvalue weighted by atomic mass is 16.2. The first-order valence-electron chi connectivity index (χ1n) is 8.73. The Balaban J connectivity index is 1.68. The summed E-state index contributed by atoms with van der Waals surface area (Å²) in [6.07, 6.45) is 4.12. The second-order valence-corrected chi connectivity index (χ2v) is 6.50. The lowest BCUT2D eigenvalue weighted by Crippen LogP contribution is -2.36. The molecule has 26 heavy (non-hydrogen) atoms. The first-order chi connectivity index (χ1) is 12.6. The molecule has 0 radical (unpaired) electrons. The number of aryl methyl sites for hydroxylation is 3. The molecule has 1 aliphatic heterocycles. The summed E-state index contributed by atoms with van der Waals surface area (Å²) < 4.78 is 3.86. The number of hydrogen-bond acceptors (Lipinski definition) is 5. The molecule has 0 unspecified atom stereocenters. The van der Waals surface area contributed by atoms with Crippen molar-refractivity contribution in [1.82, 2.24) is 34.4 Å². The number of fused-ring (bicyclic) bond motifs is 1. The topological polar surface area (TPSA) is 81.7 Å². The minimum absolute atomic E-state index is 0.00471. The summed E-state index contributed by atoms with van der Waals surface area (Å²) in [7, 11) is 1.94. The predicted octanol–water partition coefficient (Wildman–Crippen LogP) is 1.60. The molecule has 0 fully saturated rings. The van der Waals surface area contributed by atoms with Gasteiger partial charge in [-0.1, -0.05) is 0 Å². The minimum atomic E-state index is -0.00471. The molecule has 1 amide bonds. The van der Waals surface area contributed by atoms with Crippen LogP contribution in [0, 0.1) is 6.92 Å². The Bertz CT molecular complexity index is 955. The summed E-state index contributed by atoms with van der Waals surface area (Å²) in [4.78, 5) is 19.0. The Morgan fingerprint density at radius 2 is 2.15 bits per heavy atom. The largest absolute Gasteiger partial charge is 0.334 e. The molecule has 0 saturated heterocycles. The molecule has 4 rings (SSSR count). The van der Waals surface area contributed by atoms with E-state index in [1.165, 1.54) is 0 Å². The summed E-state index contributed by atoms with van der Waals surface area (Å²) in [6, 6.07) is 3.69. The average Bonchev–Trinajstić information content (AvgIpc) is 3.25. The number of hydrogen-bond donors (Lipinski definition) is 0. The van der Waals surface area contributed by atoms with Crippen LogP contribution in [0.2, 0.25) is 0 Å². The predicted molar refractivity (Wildman–Crippen MR) is 95.3 cm³/mol. The summed E-state index contributed by atoms with van der Waals surface area (Å²) in [6.45, 7) is 5.90. The molecular formula is C18H21N7O. The maximum absolute atomic E-state index is 12.9. The van der Waals surface area contributed by atoms with Gasteiger partial charge in [0.25, 0.3) is 5.91 Å². The number of pyridine rings is 1. The fraction of sp³-hybridized carbons (Fsp3) is 0.389. The van der Waals surface area contributed by atoms with Crippen LogP contribution in [-0.2, 0) is 26.6 Å². The van der Waals surface area contributed by atoms with E-state index in [4.69, 9.17) is 0 Å². The van der Waals surface area contributed by atoms with Gasteiger partial charge < -0.3 is 9.47 Å².